The van der Waals surface area contributed by atoms with Gasteiger partial charge >= 0.3 is 0 Å². The Morgan fingerprint density at radius 1 is 1.30 bits per heavy atom. The van der Waals surface area contributed by atoms with Crippen molar-refractivity contribution in [3.63, 3.8) is 0 Å². The second kappa shape index (κ2) is 10.9. The van der Waals surface area contributed by atoms with Crippen LogP contribution in [0.1, 0.15) is 24.4 Å². The summed E-state index contributed by atoms with van der Waals surface area (Å²) in [6, 6.07) is 2.69. The highest BCUT2D eigenvalue weighted by Gasteiger charge is 2.35. The second-order valence-corrected chi connectivity index (χ2v) is 6.52. The van der Waals surface area contributed by atoms with Gasteiger partial charge in [0.1, 0.15) is 0 Å². The molecule has 27 heavy (non-hydrogen) atoms. The molecule has 2 aliphatic heterocycles. The number of hydrogen-bond acceptors (Lipinski definition) is 7. The smallest absolute Gasteiger partial charge is 0.273 e. The van der Waals surface area contributed by atoms with Crippen molar-refractivity contribution in [2.24, 2.45) is 5.92 Å². The summed E-state index contributed by atoms with van der Waals surface area (Å²) >= 11 is 0. The van der Waals surface area contributed by atoms with E-state index in [0.29, 0.717) is 18.8 Å². The van der Waals surface area contributed by atoms with Crippen molar-refractivity contribution in [3.8, 4) is 11.5 Å². The van der Waals surface area contributed by atoms with Crippen LogP contribution in [0, 0.1) is 16.0 Å². The van der Waals surface area contributed by atoms with Gasteiger partial charge in [0.25, 0.3) is 5.69 Å². The Balaban J connectivity index is 0.00000182. The number of piperazine rings is 1. The highest BCUT2D eigenvalue weighted by Crippen LogP contribution is 2.44. The van der Waals surface area contributed by atoms with E-state index in [1.165, 1.54) is 19.2 Å². The molecule has 0 unspecified atom stereocenters. The first-order chi connectivity index (χ1) is 12.1. The number of phenolic OH excluding ortho intramolecular Hbond substituents is 1. The number of nitrogens with one attached hydrogen (secondary N) is 1. The third kappa shape index (κ3) is 5.36. The molecule has 2 aliphatic rings. The van der Waals surface area contributed by atoms with Crippen molar-refractivity contribution in [1.29, 1.82) is 0 Å². The lowest BCUT2D eigenvalue weighted by atomic mass is 9.84. The van der Waals surface area contributed by atoms with E-state index in [0.717, 1.165) is 39.0 Å². The number of aromatic hydroxyl groups is 1. The average molecular weight is 424 g/mol. The zero-order valence-corrected chi connectivity index (χ0v) is 16.9. The summed E-state index contributed by atoms with van der Waals surface area (Å²) in [5, 5.41) is 25.4. The predicted octanol–water partition coefficient (Wildman–Crippen LogP) is 2.53. The number of benzene rings is 1. The molecule has 3 rings (SSSR count). The van der Waals surface area contributed by atoms with Gasteiger partial charge in [0.2, 0.25) is 0 Å². The minimum absolute atomic E-state index is 0. The Labute approximate surface area is 171 Å². The first-order valence-electron chi connectivity index (χ1n) is 8.69. The Kier molecular flexibility index (Phi) is 9.55. The molecule has 0 bridgehead atoms. The SMILES string of the molecule is COc1cc([N+](=O)[O-])cc([C@@H](C2CCOCC2)N2CCNCC2)c1O.Cl.Cl. The van der Waals surface area contributed by atoms with Crippen LogP contribution in [0.3, 0.4) is 0 Å². The summed E-state index contributed by atoms with van der Waals surface area (Å²) < 4.78 is 10.7. The maximum Gasteiger partial charge on any atom is 0.273 e. The Morgan fingerprint density at radius 2 is 1.93 bits per heavy atom. The number of halogens is 2. The first kappa shape index (κ1) is 23.7. The molecule has 1 aromatic carbocycles. The average Bonchev–Trinajstić information content (AvgIpc) is 2.65. The topological polar surface area (TPSA) is 97.1 Å². The van der Waals surface area contributed by atoms with Crippen LogP contribution in [0.25, 0.3) is 0 Å². The molecule has 2 heterocycles. The number of methoxy groups -OCH3 is 1. The Bertz CT molecular complexity index is 605. The summed E-state index contributed by atoms with van der Waals surface area (Å²) in [5.41, 5.74) is 0.525. The molecular weight excluding hydrogens is 397 g/mol. The highest BCUT2D eigenvalue weighted by molar-refractivity contribution is 5.85. The van der Waals surface area contributed by atoms with Crippen molar-refractivity contribution >= 4 is 30.5 Å². The standard InChI is InChI=1S/C17H25N3O5.2ClH/c1-24-15-11-13(20(22)23)10-14(17(15)21)16(12-2-8-25-9-3-12)19-6-4-18-5-7-19;;/h10-12,16,18,21H,2-9H2,1H3;2*1H/t16-;;/m1../s1. The van der Waals surface area contributed by atoms with Gasteiger partial charge < -0.3 is 19.9 Å². The van der Waals surface area contributed by atoms with Crippen LogP contribution >= 0.6 is 24.8 Å². The zero-order valence-electron chi connectivity index (χ0n) is 15.3. The van der Waals surface area contributed by atoms with Gasteiger partial charge in [-0.2, -0.15) is 0 Å². The lowest BCUT2D eigenvalue weighted by Gasteiger charge is -2.41. The predicted molar refractivity (Wildman–Crippen MR) is 107 cm³/mol. The summed E-state index contributed by atoms with van der Waals surface area (Å²) in [5.74, 6) is 0.434. The van der Waals surface area contributed by atoms with Crippen molar-refractivity contribution in [1.82, 2.24) is 10.2 Å². The van der Waals surface area contributed by atoms with E-state index in [1.54, 1.807) is 0 Å². The van der Waals surface area contributed by atoms with E-state index >= 15 is 0 Å². The van der Waals surface area contributed by atoms with Gasteiger partial charge in [-0.05, 0) is 18.8 Å². The van der Waals surface area contributed by atoms with Crippen LogP contribution in [0.2, 0.25) is 0 Å². The quantitative estimate of drug-likeness (QED) is 0.554. The van der Waals surface area contributed by atoms with Crippen LogP contribution in [0.5, 0.6) is 11.5 Å². The number of rotatable bonds is 5. The molecule has 10 heteroatoms. The van der Waals surface area contributed by atoms with Gasteiger partial charge in [-0.1, -0.05) is 0 Å². The molecule has 0 amide bonds. The largest absolute Gasteiger partial charge is 0.504 e. The van der Waals surface area contributed by atoms with Crippen molar-refractivity contribution in [2.75, 3.05) is 46.5 Å². The van der Waals surface area contributed by atoms with E-state index in [2.05, 4.69) is 10.2 Å². The fourth-order valence-electron chi connectivity index (χ4n) is 3.84. The minimum atomic E-state index is -0.440. The van der Waals surface area contributed by atoms with Crippen LogP contribution in [0.4, 0.5) is 5.69 Å². The Morgan fingerprint density at radius 3 is 2.48 bits per heavy atom. The van der Waals surface area contributed by atoms with E-state index in [-0.39, 0.29) is 54.0 Å². The van der Waals surface area contributed by atoms with E-state index in [9.17, 15) is 15.2 Å². The number of phenols is 1. The molecule has 0 spiro atoms. The maximum atomic E-state index is 11.3. The second-order valence-electron chi connectivity index (χ2n) is 6.52. The van der Waals surface area contributed by atoms with Gasteiger partial charge in [0, 0.05) is 57.1 Å². The fourth-order valence-corrected chi connectivity index (χ4v) is 3.84. The van der Waals surface area contributed by atoms with Gasteiger partial charge in [-0.25, -0.2) is 0 Å². The number of hydrogen-bond donors (Lipinski definition) is 2. The van der Waals surface area contributed by atoms with Gasteiger partial charge in [-0.3, -0.25) is 15.0 Å². The van der Waals surface area contributed by atoms with Crippen LogP contribution in [0.15, 0.2) is 12.1 Å². The molecule has 2 N–H and O–H groups in total. The number of non-ortho nitro benzene ring substituents is 1. The molecule has 0 saturated carbocycles. The summed E-state index contributed by atoms with van der Waals surface area (Å²) in [6.45, 7) is 4.78. The molecule has 0 aromatic heterocycles. The Hall–Kier alpha value is -1.32. The van der Waals surface area contributed by atoms with Crippen LogP contribution < -0.4 is 10.1 Å². The highest BCUT2D eigenvalue weighted by atomic mass is 35.5. The third-order valence-corrected chi connectivity index (χ3v) is 5.10. The monoisotopic (exact) mass is 423 g/mol. The number of nitro benzene ring substituents is 1. The number of nitrogens with zero attached hydrogens (tertiary/aromatic N) is 2. The molecular formula is C17H27Cl2N3O5. The molecule has 2 fully saturated rings. The van der Waals surface area contributed by atoms with Gasteiger partial charge in [-0.15, -0.1) is 24.8 Å². The van der Waals surface area contributed by atoms with E-state index in [4.69, 9.17) is 9.47 Å². The molecule has 0 radical (unpaired) electrons. The van der Waals surface area contributed by atoms with Crippen molar-refractivity contribution in [3.05, 3.63) is 27.8 Å². The lowest BCUT2D eigenvalue weighted by Crippen LogP contribution is -2.47. The lowest BCUT2D eigenvalue weighted by molar-refractivity contribution is -0.385. The fraction of sp³-hybridized carbons (Fsp3) is 0.647. The number of ether oxygens (including phenoxy) is 2. The van der Waals surface area contributed by atoms with E-state index in [1.807, 2.05) is 0 Å². The van der Waals surface area contributed by atoms with Gasteiger partial charge in [0.15, 0.2) is 11.5 Å². The van der Waals surface area contributed by atoms with Gasteiger partial charge in [0.05, 0.1) is 18.1 Å². The number of nitro groups is 1. The molecule has 8 nitrogen and oxygen atoms in total. The summed E-state index contributed by atoms with van der Waals surface area (Å²) in [6.07, 6.45) is 1.75. The molecule has 1 atom stereocenters. The zero-order chi connectivity index (χ0) is 17.8. The van der Waals surface area contributed by atoms with Crippen molar-refractivity contribution in [2.45, 2.75) is 18.9 Å². The first-order valence-corrected chi connectivity index (χ1v) is 8.69. The normalized spacial score (nSPS) is 19.4. The summed E-state index contributed by atoms with van der Waals surface area (Å²) in [7, 11) is 1.41. The van der Waals surface area contributed by atoms with Crippen molar-refractivity contribution < 1.29 is 19.5 Å². The molecule has 154 valence electrons. The third-order valence-electron chi connectivity index (χ3n) is 5.10. The van der Waals surface area contributed by atoms with Crippen LogP contribution in [-0.2, 0) is 4.74 Å². The summed E-state index contributed by atoms with van der Waals surface area (Å²) in [4.78, 5) is 13.2. The molecule has 2 saturated heterocycles. The van der Waals surface area contributed by atoms with Crippen LogP contribution in [-0.4, -0.2) is 61.4 Å². The molecule has 0 aliphatic carbocycles. The maximum absolute atomic E-state index is 11.3. The molecule has 1 aromatic rings. The van der Waals surface area contributed by atoms with E-state index < -0.39 is 4.92 Å². The minimum Gasteiger partial charge on any atom is -0.504 e.